The second-order valence-corrected chi connectivity index (χ2v) is 7.59. The highest BCUT2D eigenvalue weighted by atomic mass is 16.4. The second kappa shape index (κ2) is 14.2. The van der Waals surface area contributed by atoms with Gasteiger partial charge in [-0.25, -0.2) is 4.79 Å². The quantitative estimate of drug-likeness (QED) is 0.0686. The molecule has 0 bridgehead atoms. The number of aliphatic hydroxyl groups is 2. The highest BCUT2D eigenvalue weighted by Gasteiger charge is 2.32. The number of carbonyl (C=O) groups excluding carboxylic acids is 3. The Morgan fingerprint density at radius 2 is 1.50 bits per heavy atom. The van der Waals surface area contributed by atoms with Crippen LogP contribution in [-0.4, -0.2) is 88.4 Å². The summed E-state index contributed by atoms with van der Waals surface area (Å²) >= 11 is 0. The van der Waals surface area contributed by atoms with Gasteiger partial charge in [-0.2, -0.15) is 0 Å². The number of guanidine groups is 1. The molecule has 0 spiro atoms. The van der Waals surface area contributed by atoms with Crippen molar-refractivity contribution >= 4 is 29.7 Å². The van der Waals surface area contributed by atoms with Crippen LogP contribution in [0, 0.1) is 5.92 Å². The number of rotatable bonds is 14. The van der Waals surface area contributed by atoms with Crippen molar-refractivity contribution in [3.05, 3.63) is 0 Å². The number of carboxylic acids is 1. The molecule has 14 heteroatoms. The number of carboxylic acid groups (broad SMARTS) is 1. The Morgan fingerprint density at radius 3 is 1.94 bits per heavy atom. The summed E-state index contributed by atoms with van der Waals surface area (Å²) in [6, 6.07) is -5.15. The summed E-state index contributed by atoms with van der Waals surface area (Å²) in [6.07, 6.45) is -0.856. The molecule has 0 saturated carbocycles. The molecule has 0 aliphatic heterocycles. The largest absolute Gasteiger partial charge is 0.480 e. The molecular formula is C18H35N7O7. The standard InChI is InChI=1S/C18H35N7O7/c1-8(2)13(16(30)23-10(17(31)32)5-4-6-22-18(20)21)25-14(28)11(7-26)24-15(29)12(19)9(3)27/h8-13,26-27H,4-7,19H2,1-3H3,(H,23,30)(H,24,29)(H,25,28)(H,31,32)(H4,20,21,22). The number of aliphatic carboxylic acids is 1. The number of aliphatic hydroxyl groups excluding tert-OH is 2. The van der Waals surface area contributed by atoms with Crippen LogP contribution in [0.1, 0.15) is 33.6 Å². The Bertz CT molecular complexity index is 681. The lowest BCUT2D eigenvalue weighted by Crippen LogP contribution is -2.60. The smallest absolute Gasteiger partial charge is 0.326 e. The molecule has 0 heterocycles. The van der Waals surface area contributed by atoms with Crippen LogP contribution in [0.15, 0.2) is 4.99 Å². The van der Waals surface area contributed by atoms with Crippen LogP contribution in [0.25, 0.3) is 0 Å². The maximum Gasteiger partial charge on any atom is 0.326 e. The Hall–Kier alpha value is -2.97. The summed E-state index contributed by atoms with van der Waals surface area (Å²) in [6.45, 7) is 3.91. The molecule has 0 saturated heterocycles. The van der Waals surface area contributed by atoms with Gasteiger partial charge in [0.1, 0.15) is 24.2 Å². The van der Waals surface area contributed by atoms with Gasteiger partial charge in [0.05, 0.1) is 12.7 Å². The lowest BCUT2D eigenvalue weighted by atomic mass is 10.0. The molecule has 0 aromatic carbocycles. The molecular weight excluding hydrogens is 426 g/mol. The molecule has 5 unspecified atom stereocenters. The Kier molecular flexibility index (Phi) is 12.8. The molecule has 0 aromatic heterocycles. The van der Waals surface area contributed by atoms with Crippen molar-refractivity contribution in [2.24, 2.45) is 28.1 Å². The minimum absolute atomic E-state index is 0.0448. The van der Waals surface area contributed by atoms with Gasteiger partial charge in [0.25, 0.3) is 0 Å². The number of hydrogen-bond acceptors (Lipinski definition) is 8. The van der Waals surface area contributed by atoms with Crippen molar-refractivity contribution in [2.45, 2.75) is 63.9 Å². The second-order valence-electron chi connectivity index (χ2n) is 7.59. The van der Waals surface area contributed by atoms with E-state index in [2.05, 4.69) is 20.9 Å². The first-order valence-corrected chi connectivity index (χ1v) is 10.1. The van der Waals surface area contributed by atoms with E-state index in [1.807, 2.05) is 0 Å². The molecule has 32 heavy (non-hydrogen) atoms. The van der Waals surface area contributed by atoms with Crippen molar-refractivity contribution in [2.75, 3.05) is 13.2 Å². The van der Waals surface area contributed by atoms with E-state index < -0.39 is 66.5 Å². The zero-order valence-electron chi connectivity index (χ0n) is 18.4. The lowest BCUT2D eigenvalue weighted by Gasteiger charge is -2.26. The Morgan fingerprint density at radius 1 is 0.938 bits per heavy atom. The van der Waals surface area contributed by atoms with E-state index in [-0.39, 0.29) is 25.3 Å². The fraction of sp³-hybridized carbons (Fsp3) is 0.722. The van der Waals surface area contributed by atoms with E-state index in [9.17, 15) is 34.5 Å². The summed E-state index contributed by atoms with van der Waals surface area (Å²) in [5, 5.41) is 35.1. The molecule has 3 amide bonds. The molecule has 0 fully saturated rings. The van der Waals surface area contributed by atoms with Crippen LogP contribution < -0.4 is 33.2 Å². The molecule has 14 nitrogen and oxygen atoms in total. The van der Waals surface area contributed by atoms with E-state index in [4.69, 9.17) is 17.2 Å². The average molecular weight is 462 g/mol. The summed E-state index contributed by atoms with van der Waals surface area (Å²) in [4.78, 5) is 52.3. The van der Waals surface area contributed by atoms with Gasteiger partial charge in [-0.1, -0.05) is 13.8 Å². The Balaban J connectivity index is 5.15. The maximum atomic E-state index is 12.6. The van der Waals surface area contributed by atoms with E-state index in [1.54, 1.807) is 13.8 Å². The molecule has 12 N–H and O–H groups in total. The average Bonchev–Trinajstić information content (AvgIpc) is 2.70. The van der Waals surface area contributed by atoms with Crippen molar-refractivity contribution in [3.63, 3.8) is 0 Å². The molecule has 0 aliphatic carbocycles. The van der Waals surface area contributed by atoms with Crippen LogP contribution in [0.5, 0.6) is 0 Å². The van der Waals surface area contributed by atoms with Gasteiger partial charge in [0.15, 0.2) is 5.96 Å². The normalized spacial score (nSPS) is 15.6. The number of nitrogens with zero attached hydrogens (tertiary/aromatic N) is 1. The van der Waals surface area contributed by atoms with Crippen LogP contribution >= 0.6 is 0 Å². The Labute approximate surface area is 186 Å². The number of nitrogens with two attached hydrogens (primary N) is 3. The van der Waals surface area contributed by atoms with Gasteiger partial charge in [-0.15, -0.1) is 0 Å². The number of amides is 3. The molecule has 0 rings (SSSR count). The van der Waals surface area contributed by atoms with E-state index >= 15 is 0 Å². The van der Waals surface area contributed by atoms with Crippen molar-refractivity contribution in [1.29, 1.82) is 0 Å². The third-order valence-corrected chi connectivity index (χ3v) is 4.44. The van der Waals surface area contributed by atoms with E-state index in [1.165, 1.54) is 6.92 Å². The highest BCUT2D eigenvalue weighted by molar-refractivity contribution is 5.94. The monoisotopic (exact) mass is 461 g/mol. The third-order valence-electron chi connectivity index (χ3n) is 4.44. The van der Waals surface area contributed by atoms with Crippen LogP contribution in [-0.2, 0) is 19.2 Å². The zero-order chi connectivity index (χ0) is 25.0. The maximum absolute atomic E-state index is 12.6. The van der Waals surface area contributed by atoms with Gasteiger partial charge < -0.3 is 48.5 Å². The SMILES string of the molecule is CC(C)C(NC(=O)C(CO)NC(=O)C(N)C(C)O)C(=O)NC(CCCN=C(N)N)C(=O)O. The van der Waals surface area contributed by atoms with Crippen LogP contribution in [0.3, 0.4) is 0 Å². The van der Waals surface area contributed by atoms with Gasteiger partial charge in [0, 0.05) is 6.54 Å². The minimum Gasteiger partial charge on any atom is -0.480 e. The van der Waals surface area contributed by atoms with Gasteiger partial charge in [0.2, 0.25) is 17.7 Å². The van der Waals surface area contributed by atoms with Gasteiger partial charge >= 0.3 is 5.97 Å². The van der Waals surface area contributed by atoms with Crippen molar-refractivity contribution in [3.8, 4) is 0 Å². The number of nitrogens with one attached hydrogen (secondary N) is 3. The van der Waals surface area contributed by atoms with Gasteiger partial charge in [-0.3, -0.25) is 19.4 Å². The fourth-order valence-electron chi connectivity index (χ4n) is 2.49. The summed E-state index contributed by atoms with van der Waals surface area (Å²) in [7, 11) is 0. The fourth-order valence-corrected chi connectivity index (χ4v) is 2.49. The van der Waals surface area contributed by atoms with E-state index in [0.29, 0.717) is 0 Å². The number of carbonyl (C=O) groups is 4. The molecule has 0 aliphatic rings. The third kappa shape index (κ3) is 10.4. The first-order chi connectivity index (χ1) is 14.8. The molecule has 0 aromatic rings. The minimum atomic E-state index is -1.43. The highest BCUT2D eigenvalue weighted by Crippen LogP contribution is 2.06. The van der Waals surface area contributed by atoms with Crippen molar-refractivity contribution < 1.29 is 34.5 Å². The first kappa shape index (κ1) is 29.0. The first-order valence-electron chi connectivity index (χ1n) is 10.1. The zero-order valence-corrected chi connectivity index (χ0v) is 18.4. The summed E-state index contributed by atoms with van der Waals surface area (Å²) in [5.41, 5.74) is 15.9. The van der Waals surface area contributed by atoms with Crippen LogP contribution in [0.2, 0.25) is 0 Å². The molecule has 0 radical (unpaired) electrons. The predicted octanol–water partition coefficient (Wildman–Crippen LogP) is -4.06. The predicted molar refractivity (Wildman–Crippen MR) is 115 cm³/mol. The van der Waals surface area contributed by atoms with Gasteiger partial charge in [-0.05, 0) is 25.7 Å². The van der Waals surface area contributed by atoms with E-state index in [0.717, 1.165) is 0 Å². The van der Waals surface area contributed by atoms with Crippen molar-refractivity contribution in [1.82, 2.24) is 16.0 Å². The van der Waals surface area contributed by atoms with Crippen LogP contribution in [0.4, 0.5) is 0 Å². The molecule has 184 valence electrons. The lowest BCUT2D eigenvalue weighted by molar-refractivity contribution is -0.143. The number of hydrogen-bond donors (Lipinski definition) is 9. The summed E-state index contributed by atoms with van der Waals surface area (Å²) < 4.78 is 0. The number of aliphatic imine (C=N–C) groups is 1. The summed E-state index contributed by atoms with van der Waals surface area (Å²) in [5.74, 6) is -4.37. The topological polar surface area (TPSA) is 255 Å². The molecule has 5 atom stereocenters.